The van der Waals surface area contributed by atoms with E-state index in [-0.39, 0.29) is 11.7 Å². The summed E-state index contributed by atoms with van der Waals surface area (Å²) >= 11 is 3.36. The van der Waals surface area contributed by atoms with Gasteiger partial charge in [0.1, 0.15) is 5.75 Å². The van der Waals surface area contributed by atoms with Gasteiger partial charge < -0.3 is 10.0 Å². The number of fused-ring (bicyclic) bond motifs is 1. The van der Waals surface area contributed by atoms with Gasteiger partial charge in [-0.05, 0) is 29.8 Å². The van der Waals surface area contributed by atoms with Crippen molar-refractivity contribution in [3.63, 3.8) is 0 Å². The van der Waals surface area contributed by atoms with Gasteiger partial charge in [-0.1, -0.05) is 40.2 Å². The lowest BCUT2D eigenvalue weighted by Gasteiger charge is -2.35. The fraction of sp³-hybridized carbons (Fsp3) is 0.238. The molecule has 6 heteroatoms. The Morgan fingerprint density at radius 2 is 1.85 bits per heavy atom. The van der Waals surface area contributed by atoms with Crippen LogP contribution in [0.5, 0.6) is 5.75 Å². The minimum atomic E-state index is -0.125. The summed E-state index contributed by atoms with van der Waals surface area (Å²) in [6.45, 7) is 3.69. The van der Waals surface area contributed by atoms with Crippen LogP contribution in [0, 0.1) is 0 Å². The molecule has 1 saturated heterocycles. The van der Waals surface area contributed by atoms with Crippen molar-refractivity contribution in [1.82, 2.24) is 14.8 Å². The second-order valence-electron chi connectivity index (χ2n) is 6.72. The normalized spacial score (nSPS) is 15.2. The summed E-state index contributed by atoms with van der Waals surface area (Å²) in [4.78, 5) is 21.4. The first-order chi connectivity index (χ1) is 13.1. The van der Waals surface area contributed by atoms with Crippen molar-refractivity contribution in [3.8, 4) is 5.75 Å². The van der Waals surface area contributed by atoms with E-state index < -0.39 is 0 Å². The monoisotopic (exact) mass is 425 g/mol. The molecule has 1 N–H and O–H groups in total. The summed E-state index contributed by atoms with van der Waals surface area (Å²) in [7, 11) is 0. The third-order valence-corrected chi connectivity index (χ3v) is 5.45. The zero-order valence-electron chi connectivity index (χ0n) is 14.8. The topological polar surface area (TPSA) is 56.7 Å². The van der Waals surface area contributed by atoms with Crippen molar-refractivity contribution in [2.24, 2.45) is 0 Å². The van der Waals surface area contributed by atoms with Crippen LogP contribution in [-0.4, -0.2) is 52.0 Å². The molecule has 0 unspecified atom stereocenters. The number of carbonyl (C=O) groups is 1. The van der Waals surface area contributed by atoms with Crippen LogP contribution in [0.2, 0.25) is 0 Å². The number of pyridine rings is 1. The Morgan fingerprint density at radius 3 is 2.67 bits per heavy atom. The second kappa shape index (κ2) is 7.66. The molecule has 4 rings (SSSR count). The van der Waals surface area contributed by atoms with Crippen LogP contribution in [0.25, 0.3) is 10.9 Å². The van der Waals surface area contributed by atoms with Gasteiger partial charge in [0.15, 0.2) is 0 Å². The van der Waals surface area contributed by atoms with E-state index in [9.17, 15) is 9.90 Å². The number of nitrogens with zero attached hydrogens (tertiary/aromatic N) is 3. The Bertz CT molecular complexity index is 979. The molecule has 0 spiro atoms. The van der Waals surface area contributed by atoms with Crippen LogP contribution in [-0.2, 0) is 6.54 Å². The summed E-state index contributed by atoms with van der Waals surface area (Å²) in [6, 6.07) is 15.2. The van der Waals surface area contributed by atoms with Crippen LogP contribution in [0.3, 0.4) is 0 Å². The van der Waals surface area contributed by atoms with E-state index >= 15 is 0 Å². The molecule has 0 atom stereocenters. The molecule has 27 heavy (non-hydrogen) atoms. The third kappa shape index (κ3) is 3.82. The van der Waals surface area contributed by atoms with Crippen molar-refractivity contribution in [1.29, 1.82) is 0 Å². The zero-order valence-corrected chi connectivity index (χ0v) is 16.4. The number of aromatic nitrogens is 1. The molecule has 2 aromatic carbocycles. The van der Waals surface area contributed by atoms with E-state index in [0.717, 1.165) is 35.0 Å². The average Bonchev–Trinajstić information content (AvgIpc) is 2.70. The summed E-state index contributed by atoms with van der Waals surface area (Å²) in [6.07, 6.45) is 1.83. The number of benzene rings is 2. The number of aromatic hydroxyl groups is 1. The maximum atomic E-state index is 12.7. The molecule has 5 nitrogen and oxygen atoms in total. The first kappa shape index (κ1) is 17.9. The Hall–Kier alpha value is -2.44. The number of para-hydroxylation sites is 1. The molecular weight excluding hydrogens is 406 g/mol. The van der Waals surface area contributed by atoms with E-state index in [1.807, 2.05) is 12.3 Å². The SMILES string of the molecule is O=C(c1cc(Br)ccc1O)N1CCN(Cc2cccc3cccnc23)CC1. The number of phenolic OH excluding ortho intramolecular Hbond substituents is 1. The van der Waals surface area contributed by atoms with E-state index in [1.165, 1.54) is 5.56 Å². The highest BCUT2D eigenvalue weighted by Gasteiger charge is 2.24. The number of hydrogen-bond donors (Lipinski definition) is 1. The van der Waals surface area contributed by atoms with Crippen molar-refractivity contribution < 1.29 is 9.90 Å². The highest BCUT2D eigenvalue weighted by atomic mass is 79.9. The number of rotatable bonds is 3. The van der Waals surface area contributed by atoms with Gasteiger partial charge in [-0.2, -0.15) is 0 Å². The van der Waals surface area contributed by atoms with E-state index in [1.54, 1.807) is 23.1 Å². The van der Waals surface area contributed by atoms with E-state index in [2.05, 4.69) is 50.1 Å². The number of phenols is 1. The second-order valence-corrected chi connectivity index (χ2v) is 7.64. The van der Waals surface area contributed by atoms with Gasteiger partial charge in [0.05, 0.1) is 11.1 Å². The molecule has 2 heterocycles. The maximum absolute atomic E-state index is 12.7. The molecule has 138 valence electrons. The van der Waals surface area contributed by atoms with Crippen molar-refractivity contribution in [2.45, 2.75) is 6.54 Å². The third-order valence-electron chi connectivity index (χ3n) is 4.96. The molecule has 0 bridgehead atoms. The quantitative estimate of drug-likeness (QED) is 0.695. The summed E-state index contributed by atoms with van der Waals surface area (Å²) in [5, 5.41) is 11.1. The predicted molar refractivity (Wildman–Crippen MR) is 109 cm³/mol. The molecule has 0 radical (unpaired) electrons. The van der Waals surface area contributed by atoms with Crippen LogP contribution in [0.1, 0.15) is 15.9 Å². The van der Waals surface area contributed by atoms with Crippen molar-refractivity contribution in [2.75, 3.05) is 26.2 Å². The number of piperazine rings is 1. The van der Waals surface area contributed by atoms with Crippen LogP contribution < -0.4 is 0 Å². The van der Waals surface area contributed by atoms with Gasteiger partial charge in [0, 0.05) is 48.8 Å². The number of hydrogen-bond acceptors (Lipinski definition) is 4. The summed E-state index contributed by atoms with van der Waals surface area (Å²) < 4.78 is 0.783. The molecule has 3 aromatic rings. The largest absolute Gasteiger partial charge is 0.507 e. The maximum Gasteiger partial charge on any atom is 0.257 e. The fourth-order valence-corrected chi connectivity index (χ4v) is 3.86. The van der Waals surface area contributed by atoms with E-state index in [0.29, 0.717) is 18.7 Å². The molecular formula is C21H20BrN3O2. The smallest absolute Gasteiger partial charge is 0.257 e. The van der Waals surface area contributed by atoms with Gasteiger partial charge in [0.25, 0.3) is 5.91 Å². The average molecular weight is 426 g/mol. The summed E-state index contributed by atoms with van der Waals surface area (Å²) in [5.41, 5.74) is 2.59. The standard InChI is InChI=1S/C21H20BrN3O2/c22-17-6-7-19(26)18(13-17)21(27)25-11-9-24(10-12-25)14-16-4-1-3-15-5-2-8-23-20(15)16/h1-8,13,26H,9-12,14H2. The summed E-state index contributed by atoms with van der Waals surface area (Å²) in [5.74, 6) is -0.104. The number of halogens is 1. The van der Waals surface area contributed by atoms with Gasteiger partial charge >= 0.3 is 0 Å². The highest BCUT2D eigenvalue weighted by molar-refractivity contribution is 9.10. The van der Waals surface area contributed by atoms with Gasteiger partial charge in [-0.3, -0.25) is 14.7 Å². The molecule has 1 aromatic heterocycles. The first-order valence-electron chi connectivity index (χ1n) is 8.94. The Morgan fingerprint density at radius 1 is 1.07 bits per heavy atom. The lowest BCUT2D eigenvalue weighted by molar-refractivity contribution is 0.0626. The molecule has 1 aliphatic rings. The Labute approximate surface area is 166 Å². The van der Waals surface area contributed by atoms with E-state index in [4.69, 9.17) is 0 Å². The predicted octanol–water partition coefficient (Wildman–Crippen LogP) is 3.66. The fourth-order valence-electron chi connectivity index (χ4n) is 3.49. The van der Waals surface area contributed by atoms with Gasteiger partial charge in [0.2, 0.25) is 0 Å². The van der Waals surface area contributed by atoms with Gasteiger partial charge in [-0.15, -0.1) is 0 Å². The minimum absolute atomic E-state index is 0.0208. The lowest BCUT2D eigenvalue weighted by Crippen LogP contribution is -2.48. The minimum Gasteiger partial charge on any atom is -0.507 e. The lowest BCUT2D eigenvalue weighted by atomic mass is 10.1. The zero-order chi connectivity index (χ0) is 18.8. The molecule has 0 aliphatic carbocycles. The molecule has 1 fully saturated rings. The van der Waals surface area contributed by atoms with Crippen molar-refractivity contribution in [3.05, 3.63) is 70.3 Å². The van der Waals surface area contributed by atoms with Gasteiger partial charge in [-0.25, -0.2) is 0 Å². The molecule has 0 saturated carbocycles. The highest BCUT2D eigenvalue weighted by Crippen LogP contribution is 2.24. The Balaban J connectivity index is 1.43. The van der Waals surface area contributed by atoms with Crippen LogP contribution >= 0.6 is 15.9 Å². The number of carbonyl (C=O) groups excluding carboxylic acids is 1. The Kier molecular flexibility index (Phi) is 5.09. The molecule has 1 amide bonds. The van der Waals surface area contributed by atoms with Crippen LogP contribution in [0.4, 0.5) is 0 Å². The first-order valence-corrected chi connectivity index (χ1v) is 9.74. The molecule has 1 aliphatic heterocycles. The van der Waals surface area contributed by atoms with Crippen molar-refractivity contribution >= 4 is 32.7 Å². The number of amides is 1. The van der Waals surface area contributed by atoms with Crippen LogP contribution in [0.15, 0.2) is 59.2 Å².